The van der Waals surface area contributed by atoms with Crippen LogP contribution in [0.3, 0.4) is 0 Å². The second-order valence-electron chi connectivity index (χ2n) is 6.84. The monoisotopic (exact) mass is 356 g/mol. The average Bonchev–Trinajstić information content (AvgIpc) is 3.06. The maximum Gasteiger partial charge on any atom is 0.224 e. The van der Waals surface area contributed by atoms with Crippen LogP contribution < -0.4 is 15.0 Å². The first-order valence-electron chi connectivity index (χ1n) is 9.13. The van der Waals surface area contributed by atoms with Gasteiger partial charge in [0, 0.05) is 37.0 Å². The summed E-state index contributed by atoms with van der Waals surface area (Å²) in [6.07, 6.45) is 2.17. The molecule has 1 fully saturated rings. The molecule has 0 spiro atoms. The molecule has 4 nitrogen and oxygen atoms in total. The molecule has 1 aliphatic heterocycles. The minimum atomic E-state index is -0.327. The molecule has 0 saturated carbocycles. The van der Waals surface area contributed by atoms with Gasteiger partial charge in [0.2, 0.25) is 5.91 Å². The molecule has 1 N–H and O–H groups in total. The minimum Gasteiger partial charge on any atom is -0.493 e. The zero-order chi connectivity index (χ0) is 18.4. The standard InChI is InChI=1S/C21H25FN2O2/c1-16-11-12-24(15-16)19-9-7-18(8-10-19)23-21(25)6-3-13-26-20-5-2-4-17(22)14-20/h2,4-5,7-10,14,16H,3,6,11-13,15H2,1H3,(H,23,25). The molecule has 138 valence electrons. The predicted molar refractivity (Wildman–Crippen MR) is 102 cm³/mol. The van der Waals surface area contributed by atoms with E-state index in [4.69, 9.17) is 4.74 Å². The third kappa shape index (κ3) is 5.22. The highest BCUT2D eigenvalue weighted by atomic mass is 19.1. The third-order valence-electron chi connectivity index (χ3n) is 4.55. The molecular weight excluding hydrogens is 331 g/mol. The van der Waals surface area contributed by atoms with E-state index in [1.807, 2.05) is 12.1 Å². The van der Waals surface area contributed by atoms with Crippen molar-refractivity contribution in [2.75, 3.05) is 29.9 Å². The Morgan fingerprint density at radius 2 is 2.08 bits per heavy atom. The highest BCUT2D eigenvalue weighted by Gasteiger charge is 2.18. The number of nitrogens with one attached hydrogen (secondary N) is 1. The average molecular weight is 356 g/mol. The van der Waals surface area contributed by atoms with Crippen LogP contribution in [-0.4, -0.2) is 25.6 Å². The highest BCUT2D eigenvalue weighted by Crippen LogP contribution is 2.24. The molecule has 0 bridgehead atoms. The lowest BCUT2D eigenvalue weighted by Crippen LogP contribution is -2.19. The van der Waals surface area contributed by atoms with Crippen molar-refractivity contribution >= 4 is 17.3 Å². The summed E-state index contributed by atoms with van der Waals surface area (Å²) in [7, 11) is 0. The van der Waals surface area contributed by atoms with Crippen molar-refractivity contribution in [1.29, 1.82) is 0 Å². The van der Waals surface area contributed by atoms with E-state index in [-0.39, 0.29) is 11.7 Å². The summed E-state index contributed by atoms with van der Waals surface area (Å²) in [4.78, 5) is 14.4. The van der Waals surface area contributed by atoms with E-state index >= 15 is 0 Å². The van der Waals surface area contributed by atoms with Gasteiger partial charge in [0.1, 0.15) is 11.6 Å². The first kappa shape index (κ1) is 18.2. The number of halogens is 1. The Bertz CT molecular complexity index is 733. The molecule has 5 heteroatoms. The molecule has 2 aromatic carbocycles. The topological polar surface area (TPSA) is 41.6 Å². The summed E-state index contributed by atoms with van der Waals surface area (Å²) < 4.78 is 18.5. The number of rotatable bonds is 7. The molecule has 1 saturated heterocycles. The first-order valence-corrected chi connectivity index (χ1v) is 9.13. The Kier molecular flexibility index (Phi) is 6.10. The molecule has 1 heterocycles. The van der Waals surface area contributed by atoms with Crippen LogP contribution in [0.4, 0.5) is 15.8 Å². The fourth-order valence-corrected chi connectivity index (χ4v) is 3.13. The van der Waals surface area contributed by atoms with E-state index in [2.05, 4.69) is 29.3 Å². The predicted octanol–water partition coefficient (Wildman–Crippen LogP) is 4.47. The number of nitrogens with zero attached hydrogens (tertiary/aromatic N) is 1. The summed E-state index contributed by atoms with van der Waals surface area (Å²) in [5.41, 5.74) is 2.01. The number of hydrogen-bond acceptors (Lipinski definition) is 3. The zero-order valence-electron chi connectivity index (χ0n) is 15.1. The lowest BCUT2D eigenvalue weighted by Gasteiger charge is -2.18. The molecule has 2 aromatic rings. The molecule has 0 radical (unpaired) electrons. The Balaban J connectivity index is 1.39. The molecule has 1 unspecified atom stereocenters. The third-order valence-corrected chi connectivity index (χ3v) is 4.55. The quantitative estimate of drug-likeness (QED) is 0.744. The van der Waals surface area contributed by atoms with Crippen molar-refractivity contribution in [2.45, 2.75) is 26.2 Å². The van der Waals surface area contributed by atoms with Crippen LogP contribution in [0.25, 0.3) is 0 Å². The van der Waals surface area contributed by atoms with Gasteiger partial charge in [-0.25, -0.2) is 4.39 Å². The van der Waals surface area contributed by atoms with Gasteiger partial charge in [0.25, 0.3) is 0 Å². The Morgan fingerprint density at radius 1 is 1.27 bits per heavy atom. The van der Waals surface area contributed by atoms with Crippen LogP contribution in [-0.2, 0) is 4.79 Å². The molecule has 0 aliphatic carbocycles. The van der Waals surface area contributed by atoms with Crippen LogP contribution >= 0.6 is 0 Å². The number of carbonyl (C=O) groups is 1. The van der Waals surface area contributed by atoms with E-state index in [9.17, 15) is 9.18 Å². The summed E-state index contributed by atoms with van der Waals surface area (Å²) in [5.74, 6) is 0.851. The number of anilines is 2. The van der Waals surface area contributed by atoms with Crippen LogP contribution in [0.2, 0.25) is 0 Å². The van der Waals surface area contributed by atoms with Gasteiger partial charge in [-0.3, -0.25) is 4.79 Å². The van der Waals surface area contributed by atoms with Gasteiger partial charge in [-0.15, -0.1) is 0 Å². The molecule has 1 amide bonds. The normalized spacial score (nSPS) is 16.5. The Hall–Kier alpha value is -2.56. The maximum absolute atomic E-state index is 13.0. The van der Waals surface area contributed by atoms with Gasteiger partial charge in [0.15, 0.2) is 0 Å². The van der Waals surface area contributed by atoms with E-state index in [1.165, 1.54) is 24.2 Å². The summed E-state index contributed by atoms with van der Waals surface area (Å²) >= 11 is 0. The van der Waals surface area contributed by atoms with Gasteiger partial charge in [-0.2, -0.15) is 0 Å². The molecular formula is C21H25FN2O2. The van der Waals surface area contributed by atoms with E-state index in [0.29, 0.717) is 25.2 Å². The SMILES string of the molecule is CC1CCN(c2ccc(NC(=O)CCCOc3cccc(F)c3)cc2)C1. The number of carbonyl (C=O) groups excluding carboxylic acids is 1. The molecule has 0 aromatic heterocycles. The second-order valence-corrected chi connectivity index (χ2v) is 6.84. The molecule has 1 aliphatic rings. The fraction of sp³-hybridized carbons (Fsp3) is 0.381. The highest BCUT2D eigenvalue weighted by molar-refractivity contribution is 5.90. The largest absolute Gasteiger partial charge is 0.493 e. The number of ether oxygens (including phenoxy) is 1. The van der Waals surface area contributed by atoms with Gasteiger partial charge in [0.05, 0.1) is 6.61 Å². The van der Waals surface area contributed by atoms with Crippen LogP contribution in [0, 0.1) is 11.7 Å². The van der Waals surface area contributed by atoms with E-state index in [1.54, 1.807) is 12.1 Å². The number of amides is 1. The van der Waals surface area contributed by atoms with Gasteiger partial charge in [-0.05, 0) is 55.2 Å². The minimum absolute atomic E-state index is 0.0459. The van der Waals surface area contributed by atoms with E-state index < -0.39 is 0 Å². The first-order chi connectivity index (χ1) is 12.6. The lowest BCUT2D eigenvalue weighted by atomic mass is 10.2. The Morgan fingerprint density at radius 3 is 2.77 bits per heavy atom. The van der Waals surface area contributed by atoms with Crippen molar-refractivity contribution in [1.82, 2.24) is 0 Å². The Labute approximate surface area is 154 Å². The smallest absolute Gasteiger partial charge is 0.224 e. The number of hydrogen-bond donors (Lipinski definition) is 1. The van der Waals surface area contributed by atoms with Gasteiger partial charge < -0.3 is 15.0 Å². The van der Waals surface area contributed by atoms with Crippen molar-refractivity contribution in [2.24, 2.45) is 5.92 Å². The van der Waals surface area contributed by atoms with Crippen LogP contribution in [0.1, 0.15) is 26.2 Å². The molecule has 1 atom stereocenters. The van der Waals surface area contributed by atoms with Crippen molar-refractivity contribution in [3.8, 4) is 5.75 Å². The zero-order valence-corrected chi connectivity index (χ0v) is 15.1. The maximum atomic E-state index is 13.0. The molecule has 3 rings (SSSR count). The second kappa shape index (κ2) is 8.70. The number of benzene rings is 2. The van der Waals surface area contributed by atoms with Crippen LogP contribution in [0.5, 0.6) is 5.75 Å². The van der Waals surface area contributed by atoms with Gasteiger partial charge in [-0.1, -0.05) is 13.0 Å². The van der Waals surface area contributed by atoms with Crippen molar-refractivity contribution in [3.05, 3.63) is 54.3 Å². The van der Waals surface area contributed by atoms with Gasteiger partial charge >= 0.3 is 0 Å². The summed E-state index contributed by atoms with van der Waals surface area (Å²) in [6, 6.07) is 14.0. The van der Waals surface area contributed by atoms with Crippen LogP contribution in [0.15, 0.2) is 48.5 Å². The van der Waals surface area contributed by atoms with E-state index in [0.717, 1.165) is 24.7 Å². The summed E-state index contributed by atoms with van der Waals surface area (Å²) in [6.45, 7) is 4.84. The fourth-order valence-electron chi connectivity index (χ4n) is 3.13. The van der Waals surface area contributed by atoms with Crippen molar-refractivity contribution in [3.63, 3.8) is 0 Å². The van der Waals surface area contributed by atoms with Crippen molar-refractivity contribution < 1.29 is 13.9 Å². The summed E-state index contributed by atoms with van der Waals surface area (Å²) in [5, 5.41) is 2.90. The lowest BCUT2D eigenvalue weighted by molar-refractivity contribution is -0.116. The molecule has 26 heavy (non-hydrogen) atoms.